The van der Waals surface area contributed by atoms with Gasteiger partial charge in [-0.15, -0.1) is 0 Å². The van der Waals surface area contributed by atoms with Crippen LogP contribution in [-0.4, -0.2) is 31.3 Å². The number of likely N-dealkylation sites (N-methyl/N-ethyl adjacent to an activating group) is 1. The number of hydrogen-bond acceptors (Lipinski definition) is 3. The molecule has 1 heterocycles. The Kier molecular flexibility index (Phi) is 4.92. The molecule has 0 radical (unpaired) electrons. The third kappa shape index (κ3) is 3.78. The SMILES string of the molecule is CN(CCc1ccncc1)S(=O)(=O)c1cc(Cl)ccc1F. The van der Waals surface area contributed by atoms with Crippen molar-refractivity contribution in [2.24, 2.45) is 0 Å². The molecule has 7 heteroatoms. The van der Waals surface area contributed by atoms with Crippen molar-refractivity contribution in [3.05, 3.63) is 59.1 Å². The summed E-state index contributed by atoms with van der Waals surface area (Å²) in [4.78, 5) is 3.48. The first-order valence-corrected chi connectivity index (χ1v) is 8.03. The highest BCUT2D eigenvalue weighted by atomic mass is 35.5. The summed E-state index contributed by atoms with van der Waals surface area (Å²) in [6.45, 7) is 0.234. The van der Waals surface area contributed by atoms with Gasteiger partial charge in [-0.3, -0.25) is 4.98 Å². The largest absolute Gasteiger partial charge is 0.265 e. The summed E-state index contributed by atoms with van der Waals surface area (Å²) in [6, 6.07) is 7.09. The molecule has 0 N–H and O–H groups in total. The summed E-state index contributed by atoms with van der Waals surface area (Å²) in [5.41, 5.74) is 0.957. The van der Waals surface area contributed by atoms with Gasteiger partial charge in [-0.2, -0.15) is 0 Å². The van der Waals surface area contributed by atoms with Crippen molar-refractivity contribution in [2.75, 3.05) is 13.6 Å². The van der Waals surface area contributed by atoms with Crippen LogP contribution in [0.2, 0.25) is 5.02 Å². The van der Waals surface area contributed by atoms with E-state index in [9.17, 15) is 12.8 Å². The van der Waals surface area contributed by atoms with Crippen LogP contribution in [0.1, 0.15) is 5.56 Å². The van der Waals surface area contributed by atoms with E-state index >= 15 is 0 Å². The van der Waals surface area contributed by atoms with Gasteiger partial charge in [0.25, 0.3) is 0 Å². The second-order valence-corrected chi connectivity index (χ2v) is 6.96. The van der Waals surface area contributed by atoms with E-state index in [4.69, 9.17) is 11.6 Å². The smallest absolute Gasteiger partial charge is 0.245 e. The molecule has 0 unspecified atom stereocenters. The zero-order valence-corrected chi connectivity index (χ0v) is 12.9. The predicted molar refractivity (Wildman–Crippen MR) is 79.2 cm³/mol. The van der Waals surface area contributed by atoms with Crippen molar-refractivity contribution in [2.45, 2.75) is 11.3 Å². The first-order valence-electron chi connectivity index (χ1n) is 6.21. The molecule has 0 atom stereocenters. The Balaban J connectivity index is 2.17. The lowest BCUT2D eigenvalue weighted by Gasteiger charge is -2.17. The number of pyridine rings is 1. The molecule has 0 saturated carbocycles. The quantitative estimate of drug-likeness (QED) is 0.848. The molecule has 0 bridgehead atoms. The molecule has 0 saturated heterocycles. The van der Waals surface area contributed by atoms with E-state index in [1.165, 1.54) is 13.1 Å². The van der Waals surface area contributed by atoms with Gasteiger partial charge in [0.2, 0.25) is 10.0 Å². The molecule has 112 valence electrons. The lowest BCUT2D eigenvalue weighted by molar-refractivity contribution is 0.465. The minimum atomic E-state index is -3.90. The normalized spacial score (nSPS) is 11.8. The molecule has 2 aromatic rings. The highest BCUT2D eigenvalue weighted by Gasteiger charge is 2.24. The van der Waals surface area contributed by atoms with Crippen LogP contribution in [0.4, 0.5) is 4.39 Å². The number of rotatable bonds is 5. The first-order chi connectivity index (χ1) is 9.91. The van der Waals surface area contributed by atoms with Crippen LogP contribution in [0.5, 0.6) is 0 Å². The highest BCUT2D eigenvalue weighted by Crippen LogP contribution is 2.22. The summed E-state index contributed by atoms with van der Waals surface area (Å²) in [5.74, 6) is -0.810. The lowest BCUT2D eigenvalue weighted by Crippen LogP contribution is -2.29. The van der Waals surface area contributed by atoms with Crippen LogP contribution < -0.4 is 0 Å². The van der Waals surface area contributed by atoms with Crippen LogP contribution in [0.25, 0.3) is 0 Å². The van der Waals surface area contributed by atoms with Crippen molar-refractivity contribution in [3.63, 3.8) is 0 Å². The summed E-state index contributed by atoms with van der Waals surface area (Å²) < 4.78 is 39.5. The van der Waals surface area contributed by atoms with Gasteiger partial charge in [0.1, 0.15) is 10.7 Å². The van der Waals surface area contributed by atoms with E-state index in [0.29, 0.717) is 6.42 Å². The van der Waals surface area contributed by atoms with Crippen LogP contribution >= 0.6 is 11.6 Å². The van der Waals surface area contributed by atoms with Gasteiger partial charge in [-0.05, 0) is 42.3 Å². The summed E-state index contributed by atoms with van der Waals surface area (Å²) >= 11 is 5.74. The standard InChI is InChI=1S/C14H14ClFN2O2S/c1-18(9-6-11-4-7-17-8-5-11)21(19,20)14-10-12(15)2-3-13(14)16/h2-5,7-8,10H,6,9H2,1H3. The molecule has 21 heavy (non-hydrogen) atoms. The number of nitrogens with zero attached hydrogens (tertiary/aromatic N) is 2. The van der Waals surface area contributed by atoms with Gasteiger partial charge in [0.05, 0.1) is 0 Å². The molecule has 0 amide bonds. The van der Waals surface area contributed by atoms with Gasteiger partial charge < -0.3 is 0 Å². The Hall–Kier alpha value is -1.50. The van der Waals surface area contributed by atoms with E-state index in [0.717, 1.165) is 22.0 Å². The van der Waals surface area contributed by atoms with E-state index < -0.39 is 20.7 Å². The summed E-state index contributed by atoms with van der Waals surface area (Å²) in [5, 5.41) is 0.178. The van der Waals surface area contributed by atoms with Crippen LogP contribution in [-0.2, 0) is 16.4 Å². The van der Waals surface area contributed by atoms with E-state index in [1.807, 2.05) is 0 Å². The molecule has 0 aliphatic heterocycles. The molecule has 0 aliphatic rings. The fourth-order valence-electron chi connectivity index (χ4n) is 1.80. The Morgan fingerprint density at radius 2 is 1.90 bits per heavy atom. The molecule has 0 spiro atoms. The molecular weight excluding hydrogens is 315 g/mol. The monoisotopic (exact) mass is 328 g/mol. The Morgan fingerprint density at radius 1 is 1.24 bits per heavy atom. The van der Waals surface area contributed by atoms with Gasteiger partial charge in [0.15, 0.2) is 0 Å². The number of aromatic nitrogens is 1. The number of sulfonamides is 1. The number of benzene rings is 1. The average molecular weight is 329 g/mol. The van der Waals surface area contributed by atoms with Gasteiger partial charge in [-0.25, -0.2) is 17.1 Å². The van der Waals surface area contributed by atoms with Crippen LogP contribution in [0, 0.1) is 5.82 Å². The van der Waals surface area contributed by atoms with E-state index in [1.54, 1.807) is 24.5 Å². The van der Waals surface area contributed by atoms with Crippen molar-refractivity contribution < 1.29 is 12.8 Å². The second kappa shape index (κ2) is 6.51. The molecular formula is C14H14ClFN2O2S. The zero-order chi connectivity index (χ0) is 15.5. The molecule has 0 aliphatic carbocycles. The third-order valence-electron chi connectivity index (χ3n) is 3.05. The van der Waals surface area contributed by atoms with Crippen molar-refractivity contribution >= 4 is 21.6 Å². The summed E-state index contributed by atoms with van der Waals surface area (Å²) in [7, 11) is -2.49. The van der Waals surface area contributed by atoms with Crippen LogP contribution in [0.15, 0.2) is 47.6 Å². The van der Waals surface area contributed by atoms with Gasteiger partial charge in [0, 0.05) is 31.0 Å². The average Bonchev–Trinajstić information content (AvgIpc) is 2.48. The molecule has 1 aromatic heterocycles. The van der Waals surface area contributed by atoms with E-state index in [2.05, 4.69) is 4.98 Å². The Morgan fingerprint density at radius 3 is 2.57 bits per heavy atom. The maximum atomic E-state index is 13.7. The molecule has 1 aromatic carbocycles. The minimum Gasteiger partial charge on any atom is -0.265 e. The fourth-order valence-corrected chi connectivity index (χ4v) is 3.29. The lowest BCUT2D eigenvalue weighted by atomic mass is 10.2. The number of hydrogen-bond donors (Lipinski definition) is 0. The predicted octanol–water partition coefficient (Wildman–Crippen LogP) is 2.74. The molecule has 4 nitrogen and oxygen atoms in total. The Labute approximate surface area is 128 Å². The third-order valence-corrected chi connectivity index (χ3v) is 5.15. The van der Waals surface area contributed by atoms with Crippen molar-refractivity contribution in [1.82, 2.24) is 9.29 Å². The van der Waals surface area contributed by atoms with Gasteiger partial charge >= 0.3 is 0 Å². The highest BCUT2D eigenvalue weighted by molar-refractivity contribution is 7.89. The Bertz CT molecular complexity index is 723. The summed E-state index contributed by atoms with van der Waals surface area (Å²) in [6.07, 6.45) is 3.79. The molecule has 2 rings (SSSR count). The van der Waals surface area contributed by atoms with Gasteiger partial charge in [-0.1, -0.05) is 11.6 Å². The zero-order valence-electron chi connectivity index (χ0n) is 11.3. The topological polar surface area (TPSA) is 50.3 Å². The molecule has 0 fully saturated rings. The van der Waals surface area contributed by atoms with E-state index in [-0.39, 0.29) is 11.6 Å². The first kappa shape index (κ1) is 15.9. The fraction of sp³-hybridized carbons (Fsp3) is 0.214. The minimum absolute atomic E-state index is 0.178. The van der Waals surface area contributed by atoms with Crippen LogP contribution in [0.3, 0.4) is 0 Å². The number of halogens is 2. The van der Waals surface area contributed by atoms with Crippen molar-refractivity contribution in [3.8, 4) is 0 Å². The maximum absolute atomic E-state index is 13.7. The maximum Gasteiger partial charge on any atom is 0.245 e. The van der Waals surface area contributed by atoms with Crippen molar-refractivity contribution in [1.29, 1.82) is 0 Å². The second-order valence-electron chi connectivity index (χ2n) is 4.51.